The van der Waals surface area contributed by atoms with Gasteiger partial charge >= 0.3 is 12.3 Å². The molecule has 0 aliphatic carbocycles. The van der Waals surface area contributed by atoms with Crippen LogP contribution in [0.3, 0.4) is 0 Å². The van der Waals surface area contributed by atoms with Gasteiger partial charge in [0.25, 0.3) is 0 Å². The SMILES string of the molecule is O=C(c1ccccc1C(F)(F)F)C1CCN(c2ccc(N3C[C@@H](CO)OC3=O)cn2)CC1. The topological polar surface area (TPSA) is 83.0 Å². The Morgan fingerprint density at radius 1 is 1.16 bits per heavy atom. The van der Waals surface area contributed by atoms with Crippen molar-refractivity contribution in [3.05, 3.63) is 53.7 Å². The van der Waals surface area contributed by atoms with Crippen LogP contribution in [0.1, 0.15) is 28.8 Å². The number of halogens is 3. The van der Waals surface area contributed by atoms with E-state index < -0.39 is 35.6 Å². The number of piperidine rings is 1. The highest BCUT2D eigenvalue weighted by Gasteiger charge is 2.37. The first-order valence-corrected chi connectivity index (χ1v) is 10.3. The molecule has 7 nitrogen and oxygen atoms in total. The molecule has 1 aromatic carbocycles. The number of anilines is 2. The van der Waals surface area contributed by atoms with Crippen molar-refractivity contribution in [1.29, 1.82) is 0 Å². The number of aliphatic hydroxyl groups excluding tert-OH is 1. The molecule has 1 atom stereocenters. The number of amides is 1. The Kier molecular flexibility index (Phi) is 6.05. The van der Waals surface area contributed by atoms with E-state index in [0.29, 0.717) is 37.4 Å². The van der Waals surface area contributed by atoms with Gasteiger partial charge in [-0.3, -0.25) is 9.69 Å². The second-order valence-electron chi connectivity index (χ2n) is 7.84. The van der Waals surface area contributed by atoms with Crippen molar-refractivity contribution in [3.8, 4) is 0 Å². The molecule has 2 fully saturated rings. The minimum atomic E-state index is -4.57. The Morgan fingerprint density at radius 2 is 1.88 bits per heavy atom. The fraction of sp³-hybridized carbons (Fsp3) is 0.409. The molecule has 0 radical (unpaired) electrons. The molecular weight excluding hydrogens is 427 g/mol. The zero-order valence-electron chi connectivity index (χ0n) is 17.1. The molecule has 0 unspecified atom stereocenters. The third-order valence-corrected chi connectivity index (χ3v) is 5.81. The van der Waals surface area contributed by atoms with Gasteiger partial charge in [-0.1, -0.05) is 18.2 Å². The molecule has 2 aliphatic rings. The molecule has 2 saturated heterocycles. The molecule has 0 saturated carbocycles. The number of hydrogen-bond donors (Lipinski definition) is 1. The van der Waals surface area contributed by atoms with Crippen molar-refractivity contribution >= 4 is 23.4 Å². The van der Waals surface area contributed by atoms with Crippen molar-refractivity contribution in [3.63, 3.8) is 0 Å². The summed E-state index contributed by atoms with van der Waals surface area (Å²) < 4.78 is 44.8. The lowest BCUT2D eigenvalue weighted by Gasteiger charge is -2.32. The lowest BCUT2D eigenvalue weighted by atomic mass is 9.87. The van der Waals surface area contributed by atoms with Crippen LogP contribution >= 0.6 is 0 Å². The van der Waals surface area contributed by atoms with Crippen LogP contribution in [0.15, 0.2) is 42.6 Å². The van der Waals surface area contributed by atoms with E-state index in [1.807, 2.05) is 4.90 Å². The largest absolute Gasteiger partial charge is 0.441 e. The first-order chi connectivity index (χ1) is 15.3. The Morgan fingerprint density at radius 3 is 2.47 bits per heavy atom. The minimum Gasteiger partial charge on any atom is -0.441 e. The van der Waals surface area contributed by atoms with Gasteiger partial charge in [0.05, 0.1) is 30.6 Å². The Balaban J connectivity index is 1.39. The smallest absolute Gasteiger partial charge is 0.417 e. The number of carbonyl (C=O) groups is 2. The summed E-state index contributed by atoms with van der Waals surface area (Å²) in [6.45, 7) is 0.947. The fourth-order valence-corrected chi connectivity index (χ4v) is 4.09. The predicted molar refractivity (Wildman–Crippen MR) is 110 cm³/mol. The Labute approximate surface area is 182 Å². The van der Waals surface area contributed by atoms with Crippen LogP contribution in [0, 0.1) is 5.92 Å². The maximum Gasteiger partial charge on any atom is 0.417 e. The van der Waals surface area contributed by atoms with Crippen molar-refractivity contribution in [2.24, 2.45) is 5.92 Å². The zero-order valence-corrected chi connectivity index (χ0v) is 17.1. The van der Waals surface area contributed by atoms with Gasteiger partial charge in [0.1, 0.15) is 11.9 Å². The number of hydrogen-bond acceptors (Lipinski definition) is 6. The molecule has 2 aliphatic heterocycles. The van der Waals surface area contributed by atoms with Crippen molar-refractivity contribution in [1.82, 2.24) is 4.98 Å². The molecule has 1 aromatic heterocycles. The van der Waals surface area contributed by atoms with E-state index >= 15 is 0 Å². The van der Waals surface area contributed by atoms with Crippen molar-refractivity contribution < 1.29 is 32.6 Å². The summed E-state index contributed by atoms with van der Waals surface area (Å²) >= 11 is 0. The summed E-state index contributed by atoms with van der Waals surface area (Å²) in [6.07, 6.45) is -3.31. The molecule has 3 heterocycles. The summed E-state index contributed by atoms with van der Waals surface area (Å²) in [5.41, 5.74) is -0.628. The molecule has 0 bridgehead atoms. The number of pyridine rings is 1. The third-order valence-electron chi connectivity index (χ3n) is 5.81. The van der Waals surface area contributed by atoms with Crippen LogP contribution in [0.4, 0.5) is 29.5 Å². The average molecular weight is 449 g/mol. The van der Waals surface area contributed by atoms with Crippen molar-refractivity contribution in [2.75, 3.05) is 36.0 Å². The van der Waals surface area contributed by atoms with E-state index in [1.54, 1.807) is 12.1 Å². The van der Waals surface area contributed by atoms with Gasteiger partial charge in [0.2, 0.25) is 0 Å². The van der Waals surface area contributed by atoms with Gasteiger partial charge in [-0.25, -0.2) is 9.78 Å². The average Bonchev–Trinajstić information content (AvgIpc) is 3.19. The number of aromatic nitrogens is 1. The summed E-state index contributed by atoms with van der Waals surface area (Å²) in [5, 5.41) is 9.14. The van der Waals surface area contributed by atoms with E-state index in [-0.39, 0.29) is 18.7 Å². The fourth-order valence-electron chi connectivity index (χ4n) is 4.09. The summed E-state index contributed by atoms with van der Waals surface area (Å²) in [6, 6.07) is 8.37. The predicted octanol–water partition coefficient (Wildman–Crippen LogP) is 3.52. The second kappa shape index (κ2) is 8.78. The first kappa shape index (κ1) is 22.1. The number of ether oxygens (including phenoxy) is 1. The number of ketones is 1. The standard InChI is InChI=1S/C22H22F3N3O4/c23-22(24,25)18-4-2-1-3-17(18)20(30)14-7-9-27(10-8-14)19-6-5-15(11-26-19)28-12-16(13-29)32-21(28)31/h1-6,11,14,16,29H,7-10,12-13H2/t16-/m0/s1. The lowest BCUT2D eigenvalue weighted by Crippen LogP contribution is -2.37. The summed E-state index contributed by atoms with van der Waals surface area (Å²) in [7, 11) is 0. The van der Waals surface area contributed by atoms with Crippen LogP contribution in [0.25, 0.3) is 0 Å². The Bertz CT molecular complexity index is 989. The molecule has 170 valence electrons. The van der Waals surface area contributed by atoms with Crippen LogP contribution < -0.4 is 9.80 Å². The van der Waals surface area contributed by atoms with Gasteiger partial charge in [0, 0.05) is 24.6 Å². The lowest BCUT2D eigenvalue weighted by molar-refractivity contribution is -0.137. The van der Waals surface area contributed by atoms with Crippen LogP contribution in [-0.4, -0.2) is 54.3 Å². The third kappa shape index (κ3) is 4.40. The highest BCUT2D eigenvalue weighted by Crippen LogP contribution is 2.34. The maximum absolute atomic E-state index is 13.3. The highest BCUT2D eigenvalue weighted by atomic mass is 19.4. The number of nitrogens with zero attached hydrogens (tertiary/aromatic N) is 3. The van der Waals surface area contributed by atoms with E-state index in [9.17, 15) is 22.8 Å². The van der Waals surface area contributed by atoms with Gasteiger partial charge in [-0.05, 0) is 31.0 Å². The summed E-state index contributed by atoms with van der Waals surface area (Å²) in [4.78, 5) is 32.4. The number of rotatable bonds is 5. The molecule has 1 amide bonds. The van der Waals surface area contributed by atoms with E-state index in [2.05, 4.69) is 4.98 Å². The van der Waals surface area contributed by atoms with E-state index in [4.69, 9.17) is 9.84 Å². The first-order valence-electron chi connectivity index (χ1n) is 10.3. The quantitative estimate of drug-likeness (QED) is 0.704. The van der Waals surface area contributed by atoms with Crippen LogP contribution in [0.2, 0.25) is 0 Å². The van der Waals surface area contributed by atoms with E-state index in [1.165, 1.54) is 29.3 Å². The minimum absolute atomic E-state index is 0.239. The number of benzene rings is 1. The molecule has 2 aromatic rings. The number of carbonyl (C=O) groups excluding carboxylic acids is 2. The van der Waals surface area contributed by atoms with E-state index in [0.717, 1.165) is 6.07 Å². The second-order valence-corrected chi connectivity index (χ2v) is 7.84. The number of cyclic esters (lactones) is 1. The van der Waals surface area contributed by atoms with Gasteiger partial charge in [0.15, 0.2) is 5.78 Å². The number of aliphatic hydroxyl groups is 1. The van der Waals surface area contributed by atoms with Gasteiger partial charge < -0.3 is 14.7 Å². The van der Waals surface area contributed by atoms with Crippen molar-refractivity contribution in [2.45, 2.75) is 25.1 Å². The molecule has 10 heteroatoms. The van der Waals surface area contributed by atoms with Gasteiger partial charge in [-0.2, -0.15) is 13.2 Å². The van der Waals surface area contributed by atoms with Crippen LogP contribution in [0.5, 0.6) is 0 Å². The number of Topliss-reactive ketones (excluding diaryl/α,β-unsaturated/α-hetero) is 1. The number of alkyl halides is 3. The molecule has 32 heavy (non-hydrogen) atoms. The molecular formula is C22H22F3N3O4. The normalized spacial score (nSPS) is 19.9. The van der Waals surface area contributed by atoms with Gasteiger partial charge in [-0.15, -0.1) is 0 Å². The molecule has 0 spiro atoms. The Hall–Kier alpha value is -3.14. The summed E-state index contributed by atoms with van der Waals surface area (Å²) in [5.74, 6) is -0.308. The molecule has 1 N–H and O–H groups in total. The van der Waals surface area contributed by atoms with Crippen LogP contribution in [-0.2, 0) is 10.9 Å². The zero-order chi connectivity index (χ0) is 22.9. The molecule has 4 rings (SSSR count). The highest BCUT2D eigenvalue weighted by molar-refractivity contribution is 5.99. The maximum atomic E-state index is 13.3. The monoisotopic (exact) mass is 449 g/mol.